The van der Waals surface area contributed by atoms with E-state index in [-0.39, 0.29) is 18.1 Å². The van der Waals surface area contributed by atoms with E-state index in [2.05, 4.69) is 20.2 Å². The molecule has 0 radical (unpaired) electrons. The number of halogens is 1. The van der Waals surface area contributed by atoms with E-state index in [1.807, 2.05) is 0 Å². The third-order valence-corrected chi connectivity index (χ3v) is 5.45. The van der Waals surface area contributed by atoms with Gasteiger partial charge in [-0.1, -0.05) is 6.07 Å². The number of rotatable bonds is 3. The van der Waals surface area contributed by atoms with Gasteiger partial charge in [0.1, 0.15) is 33.7 Å². The molecular weight excluding hydrogens is 369 g/mol. The zero-order chi connectivity index (χ0) is 18.4. The molecule has 0 unspecified atom stereocenters. The van der Waals surface area contributed by atoms with Crippen LogP contribution in [0.1, 0.15) is 28.2 Å². The maximum atomic E-state index is 14.1. The Hall–Kier alpha value is -3.07. The van der Waals surface area contributed by atoms with Crippen LogP contribution >= 0.6 is 11.3 Å². The SMILES string of the molecule is O=C(Cc1nncs1)N1CCc2[nH]cnc2[C@H]1c1cc2c(F)cccc2o1. The molecule has 0 saturated heterocycles. The molecule has 9 heteroatoms. The number of fused-ring (bicyclic) bond motifs is 2. The van der Waals surface area contributed by atoms with E-state index >= 15 is 0 Å². The summed E-state index contributed by atoms with van der Waals surface area (Å²) in [5, 5.41) is 8.79. The molecule has 1 aromatic carbocycles. The van der Waals surface area contributed by atoms with E-state index in [0.29, 0.717) is 34.7 Å². The van der Waals surface area contributed by atoms with Gasteiger partial charge in [-0.05, 0) is 18.2 Å². The van der Waals surface area contributed by atoms with Gasteiger partial charge in [0.05, 0.1) is 23.8 Å². The minimum absolute atomic E-state index is 0.0914. The van der Waals surface area contributed by atoms with Crippen LogP contribution in [0, 0.1) is 5.82 Å². The molecule has 4 aromatic rings. The number of aromatic nitrogens is 4. The third kappa shape index (κ3) is 2.71. The number of nitrogens with one attached hydrogen (secondary N) is 1. The van der Waals surface area contributed by atoms with Crippen LogP contribution in [0.2, 0.25) is 0 Å². The molecule has 0 saturated carbocycles. The molecule has 0 spiro atoms. The maximum absolute atomic E-state index is 14.1. The number of carbonyl (C=O) groups excluding carboxylic acids is 1. The first-order valence-corrected chi connectivity index (χ1v) is 9.33. The van der Waals surface area contributed by atoms with Gasteiger partial charge in [-0.3, -0.25) is 4.79 Å². The Kier molecular flexibility index (Phi) is 3.75. The predicted octanol–water partition coefficient (Wildman–Crippen LogP) is 2.86. The summed E-state index contributed by atoms with van der Waals surface area (Å²) in [4.78, 5) is 22.2. The van der Waals surface area contributed by atoms with Crippen molar-refractivity contribution in [1.29, 1.82) is 0 Å². The lowest BCUT2D eigenvalue weighted by atomic mass is 9.99. The zero-order valence-electron chi connectivity index (χ0n) is 14.1. The molecule has 7 nitrogen and oxygen atoms in total. The number of amides is 1. The van der Waals surface area contributed by atoms with Gasteiger partial charge < -0.3 is 14.3 Å². The Labute approximate surface area is 156 Å². The van der Waals surface area contributed by atoms with Crippen LogP contribution in [0.5, 0.6) is 0 Å². The number of aromatic amines is 1. The van der Waals surface area contributed by atoms with Crippen molar-refractivity contribution in [3.63, 3.8) is 0 Å². The van der Waals surface area contributed by atoms with Crippen molar-refractivity contribution in [2.45, 2.75) is 18.9 Å². The summed E-state index contributed by atoms with van der Waals surface area (Å²) >= 11 is 1.34. The predicted molar refractivity (Wildman–Crippen MR) is 95.6 cm³/mol. The van der Waals surface area contributed by atoms with Crippen LogP contribution in [0.25, 0.3) is 11.0 Å². The Morgan fingerprint density at radius 2 is 2.37 bits per heavy atom. The summed E-state index contributed by atoms with van der Waals surface area (Å²) in [6, 6.07) is 5.85. The Bertz CT molecular complexity index is 1120. The lowest BCUT2D eigenvalue weighted by Gasteiger charge is -2.33. The summed E-state index contributed by atoms with van der Waals surface area (Å²) in [6.07, 6.45) is 2.44. The fourth-order valence-electron chi connectivity index (χ4n) is 3.52. The molecule has 0 aliphatic carbocycles. The van der Waals surface area contributed by atoms with Crippen molar-refractivity contribution in [2.24, 2.45) is 0 Å². The third-order valence-electron chi connectivity index (χ3n) is 4.75. The van der Waals surface area contributed by atoms with E-state index in [4.69, 9.17) is 4.42 Å². The number of furan rings is 1. The van der Waals surface area contributed by atoms with Crippen molar-refractivity contribution in [3.05, 3.63) is 64.1 Å². The van der Waals surface area contributed by atoms with E-state index in [1.165, 1.54) is 17.4 Å². The topological polar surface area (TPSA) is 87.9 Å². The molecule has 4 heterocycles. The molecule has 0 fully saturated rings. The van der Waals surface area contributed by atoms with Gasteiger partial charge in [-0.25, -0.2) is 9.37 Å². The molecule has 27 heavy (non-hydrogen) atoms. The van der Waals surface area contributed by atoms with E-state index < -0.39 is 6.04 Å². The summed E-state index contributed by atoms with van der Waals surface area (Å²) < 4.78 is 20.1. The van der Waals surface area contributed by atoms with Crippen LogP contribution in [0.4, 0.5) is 4.39 Å². The van der Waals surface area contributed by atoms with Gasteiger partial charge >= 0.3 is 0 Å². The first-order valence-electron chi connectivity index (χ1n) is 8.45. The summed E-state index contributed by atoms with van der Waals surface area (Å²) in [5.41, 5.74) is 3.74. The van der Waals surface area contributed by atoms with E-state index in [0.717, 1.165) is 11.4 Å². The Morgan fingerprint density at radius 1 is 1.44 bits per heavy atom. The quantitative estimate of drug-likeness (QED) is 0.588. The van der Waals surface area contributed by atoms with Crippen molar-refractivity contribution < 1.29 is 13.6 Å². The Morgan fingerprint density at radius 3 is 3.19 bits per heavy atom. The normalized spacial score (nSPS) is 16.6. The number of H-pyrrole nitrogens is 1. The van der Waals surface area contributed by atoms with E-state index in [1.54, 1.807) is 34.9 Å². The molecule has 5 rings (SSSR count). The molecule has 3 aromatic heterocycles. The molecule has 1 aliphatic rings. The minimum atomic E-state index is -0.507. The van der Waals surface area contributed by atoms with Crippen LogP contribution in [-0.4, -0.2) is 37.5 Å². The number of carbonyl (C=O) groups is 1. The molecule has 1 atom stereocenters. The van der Waals surface area contributed by atoms with Gasteiger partial charge in [-0.15, -0.1) is 21.5 Å². The fraction of sp³-hybridized carbons (Fsp3) is 0.222. The van der Waals surface area contributed by atoms with Crippen LogP contribution in [0.15, 0.2) is 40.5 Å². The zero-order valence-corrected chi connectivity index (χ0v) is 14.9. The molecule has 1 N–H and O–H groups in total. The second-order valence-corrected chi connectivity index (χ2v) is 7.23. The molecule has 1 amide bonds. The van der Waals surface area contributed by atoms with Crippen molar-refractivity contribution >= 4 is 28.2 Å². The van der Waals surface area contributed by atoms with Crippen molar-refractivity contribution in [2.75, 3.05) is 6.54 Å². The number of benzene rings is 1. The maximum Gasteiger partial charge on any atom is 0.230 e. The summed E-state index contributed by atoms with van der Waals surface area (Å²) in [6.45, 7) is 0.511. The molecular formula is C18H14FN5O2S. The van der Waals surface area contributed by atoms with Gasteiger partial charge in [0, 0.05) is 18.7 Å². The smallest absolute Gasteiger partial charge is 0.230 e. The lowest BCUT2D eigenvalue weighted by Crippen LogP contribution is -2.41. The lowest BCUT2D eigenvalue weighted by molar-refractivity contribution is -0.133. The van der Waals surface area contributed by atoms with Crippen LogP contribution < -0.4 is 0 Å². The summed E-state index contributed by atoms with van der Waals surface area (Å²) in [5.74, 6) is 0.0485. The highest BCUT2D eigenvalue weighted by atomic mass is 32.1. The first kappa shape index (κ1) is 16.1. The van der Waals surface area contributed by atoms with Crippen molar-refractivity contribution in [3.8, 4) is 0 Å². The highest BCUT2D eigenvalue weighted by Crippen LogP contribution is 2.37. The van der Waals surface area contributed by atoms with Crippen molar-refractivity contribution in [1.82, 2.24) is 25.1 Å². The molecule has 136 valence electrons. The number of hydrogen-bond donors (Lipinski definition) is 1. The first-order chi connectivity index (χ1) is 13.2. The van der Waals surface area contributed by atoms with E-state index in [9.17, 15) is 9.18 Å². The standard InChI is InChI=1S/C18H14FN5O2S/c19-11-2-1-3-13-10(11)6-14(26-13)18-17-12(20-8-21-17)4-5-24(18)16(25)7-15-23-22-9-27-15/h1-3,6,8-9,18H,4-5,7H2,(H,20,21)/t18-/m1/s1. The summed E-state index contributed by atoms with van der Waals surface area (Å²) in [7, 11) is 0. The molecule has 0 bridgehead atoms. The second-order valence-electron chi connectivity index (χ2n) is 6.32. The molecule has 1 aliphatic heterocycles. The number of hydrogen-bond acceptors (Lipinski definition) is 6. The van der Waals surface area contributed by atoms with Gasteiger partial charge in [-0.2, -0.15) is 0 Å². The Balaban J connectivity index is 1.58. The number of imidazole rings is 1. The minimum Gasteiger partial charge on any atom is -0.458 e. The average molecular weight is 383 g/mol. The van der Waals surface area contributed by atoms with Crippen LogP contribution in [0.3, 0.4) is 0 Å². The van der Waals surface area contributed by atoms with Gasteiger partial charge in [0.2, 0.25) is 5.91 Å². The van der Waals surface area contributed by atoms with Gasteiger partial charge in [0.25, 0.3) is 0 Å². The van der Waals surface area contributed by atoms with Gasteiger partial charge in [0.15, 0.2) is 0 Å². The average Bonchev–Trinajstić information content (AvgIpc) is 3.41. The fourth-order valence-corrected chi connectivity index (χ4v) is 4.03. The second kappa shape index (κ2) is 6.27. The monoisotopic (exact) mass is 383 g/mol. The van der Waals surface area contributed by atoms with Crippen LogP contribution in [-0.2, 0) is 17.6 Å². The highest BCUT2D eigenvalue weighted by molar-refractivity contribution is 7.09. The largest absolute Gasteiger partial charge is 0.458 e. The highest BCUT2D eigenvalue weighted by Gasteiger charge is 2.36. The number of nitrogens with zero attached hydrogens (tertiary/aromatic N) is 4.